The molecular weight excluding hydrogens is 450 g/mol. The Kier molecular flexibility index (Phi) is 5.59. The minimum atomic E-state index is 0.00953. The smallest absolute Gasteiger partial charge is 0.162 e. The first kappa shape index (κ1) is 22.8. The molecule has 6 rings (SSSR count). The minimum Gasteiger partial charge on any atom is -0.353 e. The molecule has 2 fully saturated rings. The van der Waals surface area contributed by atoms with Crippen LogP contribution >= 0.6 is 0 Å². The van der Waals surface area contributed by atoms with Gasteiger partial charge in [0, 0.05) is 66.8 Å². The molecule has 0 spiro atoms. The molecule has 0 unspecified atom stereocenters. The molecule has 2 N–H and O–H groups in total. The van der Waals surface area contributed by atoms with Gasteiger partial charge in [-0.25, -0.2) is 15.0 Å². The third kappa shape index (κ3) is 4.51. The Morgan fingerprint density at radius 3 is 2.72 bits per heavy atom. The number of piperazine rings is 1. The van der Waals surface area contributed by atoms with E-state index in [1.54, 1.807) is 6.20 Å². The van der Waals surface area contributed by atoms with Crippen LogP contribution < -0.4 is 15.5 Å². The average Bonchev–Trinajstić information content (AvgIpc) is 3.60. The molecule has 0 radical (unpaired) electrons. The van der Waals surface area contributed by atoms with Gasteiger partial charge >= 0.3 is 0 Å². The van der Waals surface area contributed by atoms with Crippen LogP contribution in [0.5, 0.6) is 0 Å². The van der Waals surface area contributed by atoms with Crippen molar-refractivity contribution in [3.63, 3.8) is 0 Å². The second-order valence-electron chi connectivity index (χ2n) is 10.8. The first-order valence-corrected chi connectivity index (χ1v) is 12.8. The van der Waals surface area contributed by atoms with Crippen LogP contribution in [0, 0.1) is 0 Å². The van der Waals surface area contributed by atoms with Crippen LogP contribution in [0.1, 0.15) is 58.1 Å². The standard InChI is InChI=1S/C27H33N9/c1-17(2)36-11-8-22(34-36)32-23-13-19(7-9-29-23)25-31-21-15-28-14-20(18-5-6-18)24(21)26(33-25)35-12-10-30-27(3,4)16-35/h7-9,11,13-15,17-18,30H,5-6,10,12,16H2,1-4H3,(H,29,32,34). The van der Waals surface area contributed by atoms with Crippen molar-refractivity contribution in [1.29, 1.82) is 0 Å². The highest BCUT2D eigenvalue weighted by atomic mass is 15.3. The van der Waals surface area contributed by atoms with E-state index < -0.39 is 0 Å². The molecule has 1 saturated carbocycles. The number of rotatable bonds is 6. The largest absolute Gasteiger partial charge is 0.353 e. The fraction of sp³-hybridized carbons (Fsp3) is 0.444. The Morgan fingerprint density at radius 2 is 1.97 bits per heavy atom. The van der Waals surface area contributed by atoms with Gasteiger partial charge in [0.15, 0.2) is 11.6 Å². The lowest BCUT2D eigenvalue weighted by Gasteiger charge is -2.40. The molecule has 2 aliphatic rings. The van der Waals surface area contributed by atoms with Gasteiger partial charge in [-0.3, -0.25) is 9.67 Å². The monoisotopic (exact) mass is 483 g/mol. The zero-order chi connectivity index (χ0) is 24.9. The van der Waals surface area contributed by atoms with E-state index in [2.05, 4.69) is 58.3 Å². The molecule has 0 atom stereocenters. The molecule has 1 saturated heterocycles. The SMILES string of the molecule is CC(C)n1ccc(Nc2cc(-c3nc(N4CCNC(C)(C)C4)c4c(C5CC5)cncc4n3)ccn2)n1. The third-order valence-corrected chi connectivity index (χ3v) is 6.92. The summed E-state index contributed by atoms with van der Waals surface area (Å²) in [5.41, 5.74) is 3.10. The van der Waals surface area contributed by atoms with Crippen molar-refractivity contribution in [2.45, 2.75) is 58.0 Å². The highest BCUT2D eigenvalue weighted by molar-refractivity contribution is 5.94. The van der Waals surface area contributed by atoms with Crippen LogP contribution in [-0.4, -0.2) is 54.9 Å². The third-order valence-electron chi connectivity index (χ3n) is 6.92. The van der Waals surface area contributed by atoms with Gasteiger partial charge in [-0.1, -0.05) is 0 Å². The summed E-state index contributed by atoms with van der Waals surface area (Å²) in [6.07, 6.45) is 10.1. The highest BCUT2D eigenvalue weighted by Gasteiger charge is 2.32. The van der Waals surface area contributed by atoms with Crippen molar-refractivity contribution in [2.75, 3.05) is 29.9 Å². The van der Waals surface area contributed by atoms with E-state index in [0.29, 0.717) is 23.6 Å². The Hall–Kier alpha value is -3.59. The Bertz CT molecular complexity index is 1400. The molecular formula is C27H33N9. The normalized spacial score (nSPS) is 17.6. The summed E-state index contributed by atoms with van der Waals surface area (Å²) in [5.74, 6) is 3.72. The molecule has 186 valence electrons. The first-order chi connectivity index (χ1) is 17.4. The van der Waals surface area contributed by atoms with Crippen molar-refractivity contribution < 1.29 is 0 Å². The van der Waals surface area contributed by atoms with Gasteiger partial charge < -0.3 is 15.5 Å². The highest BCUT2D eigenvalue weighted by Crippen LogP contribution is 2.45. The summed E-state index contributed by atoms with van der Waals surface area (Å²) in [6, 6.07) is 6.20. The predicted octanol–water partition coefficient (Wildman–Crippen LogP) is 4.67. The molecule has 9 nitrogen and oxygen atoms in total. The van der Waals surface area contributed by atoms with Gasteiger partial charge in [-0.2, -0.15) is 5.10 Å². The van der Waals surface area contributed by atoms with Crippen molar-refractivity contribution in [3.8, 4) is 11.4 Å². The lowest BCUT2D eigenvalue weighted by atomic mass is 10.0. The molecule has 1 aliphatic heterocycles. The molecule has 4 aromatic heterocycles. The predicted molar refractivity (Wildman–Crippen MR) is 143 cm³/mol. The van der Waals surface area contributed by atoms with Crippen molar-refractivity contribution >= 4 is 28.4 Å². The van der Waals surface area contributed by atoms with Gasteiger partial charge in [-0.15, -0.1) is 0 Å². The van der Waals surface area contributed by atoms with Crippen LogP contribution in [0.25, 0.3) is 22.3 Å². The van der Waals surface area contributed by atoms with E-state index in [9.17, 15) is 0 Å². The van der Waals surface area contributed by atoms with Crippen LogP contribution in [0.3, 0.4) is 0 Å². The lowest BCUT2D eigenvalue weighted by Crippen LogP contribution is -2.57. The van der Waals surface area contributed by atoms with E-state index in [0.717, 1.165) is 47.7 Å². The van der Waals surface area contributed by atoms with E-state index in [4.69, 9.17) is 9.97 Å². The number of nitrogens with one attached hydrogen (secondary N) is 2. The average molecular weight is 484 g/mol. The number of hydrogen-bond donors (Lipinski definition) is 2. The number of pyridine rings is 2. The summed E-state index contributed by atoms with van der Waals surface area (Å²) in [7, 11) is 0. The number of hydrogen-bond acceptors (Lipinski definition) is 8. The molecule has 5 heterocycles. The van der Waals surface area contributed by atoms with E-state index in [-0.39, 0.29) is 5.54 Å². The quantitative estimate of drug-likeness (QED) is 0.408. The van der Waals surface area contributed by atoms with Gasteiger partial charge in [0.2, 0.25) is 0 Å². The fourth-order valence-corrected chi connectivity index (χ4v) is 4.93. The summed E-state index contributed by atoms with van der Waals surface area (Å²) in [5, 5.41) is 12.7. The molecule has 36 heavy (non-hydrogen) atoms. The zero-order valence-electron chi connectivity index (χ0n) is 21.4. The van der Waals surface area contributed by atoms with Crippen molar-refractivity contribution in [1.82, 2.24) is 35.0 Å². The summed E-state index contributed by atoms with van der Waals surface area (Å²) >= 11 is 0. The Morgan fingerprint density at radius 1 is 1.11 bits per heavy atom. The van der Waals surface area contributed by atoms with Gasteiger partial charge in [0.05, 0.1) is 11.7 Å². The van der Waals surface area contributed by atoms with Crippen LogP contribution in [0.15, 0.2) is 43.0 Å². The molecule has 1 aliphatic carbocycles. The Balaban J connectivity index is 1.41. The lowest BCUT2D eigenvalue weighted by molar-refractivity contribution is 0.352. The number of aromatic nitrogens is 6. The number of fused-ring (bicyclic) bond motifs is 1. The molecule has 0 amide bonds. The molecule has 0 bridgehead atoms. The van der Waals surface area contributed by atoms with E-state index in [1.807, 2.05) is 41.5 Å². The minimum absolute atomic E-state index is 0.00953. The number of nitrogens with zero attached hydrogens (tertiary/aromatic N) is 7. The van der Waals surface area contributed by atoms with Gasteiger partial charge in [0.1, 0.15) is 11.6 Å². The number of anilines is 3. The molecule has 4 aromatic rings. The Labute approximate surface area is 211 Å². The van der Waals surface area contributed by atoms with Gasteiger partial charge in [0.25, 0.3) is 0 Å². The first-order valence-electron chi connectivity index (χ1n) is 12.8. The van der Waals surface area contributed by atoms with Crippen LogP contribution in [0.4, 0.5) is 17.5 Å². The second-order valence-corrected chi connectivity index (χ2v) is 10.8. The maximum Gasteiger partial charge on any atom is 0.162 e. The van der Waals surface area contributed by atoms with Gasteiger partial charge in [-0.05, 0) is 64.2 Å². The van der Waals surface area contributed by atoms with Crippen LogP contribution in [0.2, 0.25) is 0 Å². The maximum atomic E-state index is 5.19. The van der Waals surface area contributed by atoms with Crippen LogP contribution in [-0.2, 0) is 0 Å². The zero-order valence-corrected chi connectivity index (χ0v) is 21.4. The van der Waals surface area contributed by atoms with E-state index in [1.165, 1.54) is 18.4 Å². The summed E-state index contributed by atoms with van der Waals surface area (Å²) in [4.78, 5) is 21.7. The summed E-state index contributed by atoms with van der Waals surface area (Å²) < 4.78 is 1.92. The van der Waals surface area contributed by atoms with Crippen molar-refractivity contribution in [2.24, 2.45) is 0 Å². The molecule has 0 aromatic carbocycles. The van der Waals surface area contributed by atoms with Crippen molar-refractivity contribution in [3.05, 3.63) is 48.5 Å². The summed E-state index contributed by atoms with van der Waals surface area (Å²) in [6.45, 7) is 11.4. The second kappa shape index (κ2) is 8.81. The van der Waals surface area contributed by atoms with E-state index >= 15 is 0 Å². The fourth-order valence-electron chi connectivity index (χ4n) is 4.93. The maximum absolute atomic E-state index is 5.19. The topological polar surface area (TPSA) is 96.7 Å². The molecule has 9 heteroatoms.